The second-order valence-electron chi connectivity index (χ2n) is 7.44. The van der Waals surface area contributed by atoms with Gasteiger partial charge in [-0.05, 0) is 25.3 Å². The van der Waals surface area contributed by atoms with Gasteiger partial charge < -0.3 is 15.5 Å². The number of hydrogen-bond donors (Lipinski definition) is 4. The highest BCUT2D eigenvalue weighted by Gasteiger charge is 2.33. The van der Waals surface area contributed by atoms with Gasteiger partial charge in [-0.1, -0.05) is 25.0 Å². The lowest BCUT2D eigenvalue weighted by Crippen LogP contribution is -2.41. The normalized spacial score (nSPS) is 20.5. The van der Waals surface area contributed by atoms with Gasteiger partial charge in [-0.2, -0.15) is 0 Å². The largest absolute Gasteiger partial charge is 0.494 e. The highest BCUT2D eigenvalue weighted by atomic mass is 16.3. The molecule has 0 radical (unpaired) electrons. The number of amides is 4. The minimum absolute atomic E-state index is 0.111. The fraction of sp³-hybridized carbons (Fsp3) is 0.400. The molecule has 4 amide bonds. The lowest BCUT2D eigenvalue weighted by atomic mass is 10.1. The highest BCUT2D eigenvalue weighted by molar-refractivity contribution is 6.08. The van der Waals surface area contributed by atoms with E-state index in [1.165, 1.54) is 6.21 Å². The van der Waals surface area contributed by atoms with Gasteiger partial charge in [0.25, 0.3) is 0 Å². The van der Waals surface area contributed by atoms with Gasteiger partial charge in [-0.3, -0.25) is 19.5 Å². The first kappa shape index (κ1) is 19.0. The fourth-order valence-corrected chi connectivity index (χ4v) is 4.10. The standard InChI is InChI=1S/C20H22N4O5/c25-15-9-8-14(17(26)23-15)24-18(27)13-7-3-4-11(16(13)19(24)28)10-21-20(29)22-12-5-1-2-6-12/h3-4,7,10,12,14,27-28H,1-2,5-6,8-9H2,(H,22,29)(H,23,25,26). The summed E-state index contributed by atoms with van der Waals surface area (Å²) in [5.41, 5.74) is 0.433. The van der Waals surface area contributed by atoms with Crippen LogP contribution < -0.4 is 10.6 Å². The molecule has 0 bridgehead atoms. The zero-order chi connectivity index (χ0) is 20.5. The number of carbonyl (C=O) groups is 3. The molecule has 2 heterocycles. The minimum Gasteiger partial charge on any atom is -0.494 e. The van der Waals surface area contributed by atoms with Gasteiger partial charge in [0.05, 0.1) is 5.39 Å². The summed E-state index contributed by atoms with van der Waals surface area (Å²) in [6, 6.07) is 3.69. The van der Waals surface area contributed by atoms with Crippen LogP contribution in [0.5, 0.6) is 11.8 Å². The number of hydrogen-bond acceptors (Lipinski definition) is 5. The minimum atomic E-state index is -0.907. The second kappa shape index (κ2) is 7.57. The molecule has 1 aromatic carbocycles. The summed E-state index contributed by atoms with van der Waals surface area (Å²) in [5.74, 6) is -1.57. The van der Waals surface area contributed by atoms with E-state index in [-0.39, 0.29) is 41.9 Å². The van der Waals surface area contributed by atoms with Crippen LogP contribution >= 0.6 is 0 Å². The summed E-state index contributed by atoms with van der Waals surface area (Å²) in [5, 5.41) is 27.0. The number of benzene rings is 1. The number of rotatable bonds is 3. The molecular formula is C20H22N4O5. The van der Waals surface area contributed by atoms with Crippen LogP contribution in [0.2, 0.25) is 0 Å². The smallest absolute Gasteiger partial charge is 0.341 e. The Labute approximate surface area is 166 Å². The molecule has 4 rings (SSSR count). The van der Waals surface area contributed by atoms with Crippen molar-refractivity contribution < 1.29 is 24.6 Å². The number of nitrogens with one attached hydrogen (secondary N) is 2. The molecular weight excluding hydrogens is 376 g/mol. The Morgan fingerprint density at radius 1 is 1.17 bits per heavy atom. The average molecular weight is 398 g/mol. The van der Waals surface area contributed by atoms with E-state index >= 15 is 0 Å². The SMILES string of the molecule is O=C1CCC(n2c(O)c3cccc(C=NC(=O)NC4CCCC4)c3c2O)C(=O)N1. The van der Waals surface area contributed by atoms with Crippen LogP contribution in [0, 0.1) is 0 Å². The van der Waals surface area contributed by atoms with Crippen molar-refractivity contribution in [3.05, 3.63) is 23.8 Å². The van der Waals surface area contributed by atoms with Crippen LogP contribution in [0.25, 0.3) is 10.8 Å². The molecule has 2 aromatic rings. The number of carbonyl (C=O) groups excluding carboxylic acids is 3. The molecule has 9 heteroatoms. The monoisotopic (exact) mass is 398 g/mol. The molecule has 1 saturated heterocycles. The molecule has 0 spiro atoms. The van der Waals surface area contributed by atoms with Gasteiger partial charge >= 0.3 is 6.03 Å². The van der Waals surface area contributed by atoms with Gasteiger partial charge in [-0.15, -0.1) is 0 Å². The predicted octanol–water partition coefficient (Wildman–Crippen LogP) is 2.10. The van der Waals surface area contributed by atoms with Crippen LogP contribution in [0.4, 0.5) is 4.79 Å². The van der Waals surface area contributed by atoms with Gasteiger partial charge in [0.2, 0.25) is 23.6 Å². The first-order chi connectivity index (χ1) is 14.0. The zero-order valence-corrected chi connectivity index (χ0v) is 15.7. The quantitative estimate of drug-likeness (QED) is 0.464. The van der Waals surface area contributed by atoms with Crippen LogP contribution in [0.15, 0.2) is 23.2 Å². The maximum absolute atomic E-state index is 12.2. The molecule has 1 unspecified atom stereocenters. The zero-order valence-electron chi connectivity index (χ0n) is 15.7. The molecule has 1 aliphatic heterocycles. The average Bonchev–Trinajstić information content (AvgIpc) is 3.28. The van der Waals surface area contributed by atoms with Crippen molar-refractivity contribution in [2.24, 2.45) is 4.99 Å². The van der Waals surface area contributed by atoms with Gasteiger partial charge in [0.1, 0.15) is 6.04 Å². The number of urea groups is 1. The van der Waals surface area contributed by atoms with E-state index in [1.54, 1.807) is 18.2 Å². The summed E-state index contributed by atoms with van der Waals surface area (Å²) in [6.45, 7) is 0. The van der Waals surface area contributed by atoms with Crippen LogP contribution in [-0.2, 0) is 9.59 Å². The number of piperidine rings is 1. The van der Waals surface area contributed by atoms with E-state index < -0.39 is 18.0 Å². The number of aliphatic imine (C=N–C) groups is 1. The Balaban J connectivity index is 1.66. The number of aromatic hydroxyl groups is 2. The molecule has 1 aliphatic carbocycles. The molecule has 29 heavy (non-hydrogen) atoms. The van der Waals surface area contributed by atoms with Crippen molar-refractivity contribution >= 4 is 34.8 Å². The molecule has 1 saturated carbocycles. The number of nitrogens with zero attached hydrogens (tertiary/aromatic N) is 2. The van der Waals surface area contributed by atoms with Crippen LogP contribution in [0.3, 0.4) is 0 Å². The summed E-state index contributed by atoms with van der Waals surface area (Å²) in [7, 11) is 0. The van der Waals surface area contributed by atoms with Gasteiger partial charge in [0.15, 0.2) is 0 Å². The second-order valence-corrected chi connectivity index (χ2v) is 7.44. The Kier molecular flexibility index (Phi) is 4.96. The first-order valence-corrected chi connectivity index (χ1v) is 9.69. The Morgan fingerprint density at radius 3 is 2.66 bits per heavy atom. The highest BCUT2D eigenvalue weighted by Crippen LogP contribution is 2.41. The topological polar surface area (TPSA) is 133 Å². The summed E-state index contributed by atoms with van der Waals surface area (Å²) in [6.07, 6.45) is 5.69. The summed E-state index contributed by atoms with van der Waals surface area (Å²) in [4.78, 5) is 39.6. The molecule has 2 aliphatic rings. The molecule has 4 N–H and O–H groups in total. The van der Waals surface area contributed by atoms with Crippen molar-refractivity contribution in [2.45, 2.75) is 50.6 Å². The van der Waals surface area contributed by atoms with Crippen LogP contribution in [-0.4, -0.2) is 44.9 Å². The third-order valence-electron chi connectivity index (χ3n) is 5.54. The van der Waals surface area contributed by atoms with Crippen LogP contribution in [0.1, 0.15) is 50.1 Å². The molecule has 152 valence electrons. The van der Waals surface area contributed by atoms with Gasteiger partial charge in [-0.25, -0.2) is 9.79 Å². The number of imide groups is 1. The van der Waals surface area contributed by atoms with Crippen molar-refractivity contribution in [3.63, 3.8) is 0 Å². The number of fused-ring (bicyclic) bond motifs is 1. The number of aromatic nitrogens is 1. The fourth-order valence-electron chi connectivity index (χ4n) is 4.10. The van der Waals surface area contributed by atoms with Crippen molar-refractivity contribution in [2.75, 3.05) is 0 Å². The third-order valence-corrected chi connectivity index (χ3v) is 5.54. The lowest BCUT2D eigenvalue weighted by molar-refractivity contribution is -0.135. The van der Waals surface area contributed by atoms with E-state index in [0.717, 1.165) is 30.3 Å². The van der Waals surface area contributed by atoms with Crippen molar-refractivity contribution in [1.82, 2.24) is 15.2 Å². The van der Waals surface area contributed by atoms with E-state index in [1.807, 2.05) is 0 Å². The molecule has 9 nitrogen and oxygen atoms in total. The van der Waals surface area contributed by atoms with E-state index in [0.29, 0.717) is 10.9 Å². The van der Waals surface area contributed by atoms with Gasteiger partial charge in [0, 0.05) is 29.6 Å². The van der Waals surface area contributed by atoms with E-state index in [4.69, 9.17) is 0 Å². The Bertz CT molecular complexity index is 1020. The molecule has 1 aromatic heterocycles. The first-order valence-electron chi connectivity index (χ1n) is 9.69. The summed E-state index contributed by atoms with van der Waals surface area (Å²) >= 11 is 0. The predicted molar refractivity (Wildman–Crippen MR) is 105 cm³/mol. The molecule has 2 fully saturated rings. The Hall–Kier alpha value is -3.36. The van der Waals surface area contributed by atoms with E-state index in [9.17, 15) is 24.6 Å². The lowest BCUT2D eigenvalue weighted by Gasteiger charge is -2.23. The summed E-state index contributed by atoms with van der Waals surface area (Å²) < 4.78 is 1.11. The van der Waals surface area contributed by atoms with Crippen molar-refractivity contribution in [3.8, 4) is 11.8 Å². The van der Waals surface area contributed by atoms with E-state index in [2.05, 4.69) is 15.6 Å². The third kappa shape index (κ3) is 3.55. The maximum atomic E-state index is 12.2. The Morgan fingerprint density at radius 2 is 1.93 bits per heavy atom. The maximum Gasteiger partial charge on any atom is 0.341 e. The van der Waals surface area contributed by atoms with Crippen molar-refractivity contribution in [1.29, 1.82) is 0 Å². The molecule has 1 atom stereocenters.